The summed E-state index contributed by atoms with van der Waals surface area (Å²) in [5.41, 5.74) is 4.93. The van der Waals surface area contributed by atoms with Gasteiger partial charge in [0.05, 0.1) is 5.92 Å². The summed E-state index contributed by atoms with van der Waals surface area (Å²) in [5, 5.41) is 14.1. The van der Waals surface area contributed by atoms with Gasteiger partial charge in [0.1, 0.15) is 5.60 Å². The van der Waals surface area contributed by atoms with Gasteiger partial charge in [0.25, 0.3) is 0 Å². The van der Waals surface area contributed by atoms with E-state index in [0.29, 0.717) is 0 Å². The number of hydrogen-bond acceptors (Lipinski definition) is 2. The molecule has 0 radical (unpaired) electrons. The number of hydrogen-bond donors (Lipinski definition) is 1. The summed E-state index contributed by atoms with van der Waals surface area (Å²) in [4.78, 5) is 12.6. The minimum Gasteiger partial charge on any atom is -0.380 e. The maximum Gasteiger partial charge on any atom is 0.165 e. The summed E-state index contributed by atoms with van der Waals surface area (Å²) < 4.78 is 0. The number of carbonyl (C=O) groups excluding carboxylic acids is 1. The number of aliphatic hydroxyl groups is 1. The van der Waals surface area contributed by atoms with E-state index in [4.69, 9.17) is 0 Å². The quantitative estimate of drug-likeness (QED) is 0.904. The van der Waals surface area contributed by atoms with Crippen molar-refractivity contribution >= 4 is 22.1 Å². The highest BCUT2D eigenvalue weighted by atomic mass is 16.3. The number of carbonyl (C=O) groups is 1. The molecule has 2 nitrogen and oxygen atoms in total. The Morgan fingerprint density at radius 1 is 1.09 bits per heavy atom. The molecule has 2 aliphatic rings. The van der Waals surface area contributed by atoms with Crippen LogP contribution in [0.15, 0.2) is 29.8 Å². The Bertz CT molecular complexity index is 898. The largest absolute Gasteiger partial charge is 0.380 e. The van der Waals surface area contributed by atoms with E-state index in [1.807, 2.05) is 13.8 Å². The molecule has 0 spiro atoms. The van der Waals surface area contributed by atoms with Crippen molar-refractivity contribution in [3.63, 3.8) is 0 Å². The van der Waals surface area contributed by atoms with E-state index in [0.717, 1.165) is 46.1 Å². The predicted molar refractivity (Wildman–Crippen MR) is 93.4 cm³/mol. The van der Waals surface area contributed by atoms with Crippen LogP contribution < -0.4 is 0 Å². The molecule has 4 rings (SSSR count). The molecule has 118 valence electrons. The SMILES string of the molecule is CCc1ccc2ccc(CC)c3c2c1C1=C(C)C(=O)C(C)C13O. The number of ketones is 1. The van der Waals surface area contributed by atoms with Crippen molar-refractivity contribution in [3.8, 4) is 0 Å². The molecule has 2 aliphatic carbocycles. The van der Waals surface area contributed by atoms with E-state index < -0.39 is 11.5 Å². The Balaban J connectivity index is 2.27. The van der Waals surface area contributed by atoms with Crippen LogP contribution in [0.3, 0.4) is 0 Å². The minimum absolute atomic E-state index is 0.0816. The van der Waals surface area contributed by atoms with Gasteiger partial charge in [-0.3, -0.25) is 4.79 Å². The van der Waals surface area contributed by atoms with Gasteiger partial charge in [-0.1, -0.05) is 45.0 Å². The fourth-order valence-corrected chi connectivity index (χ4v) is 4.67. The van der Waals surface area contributed by atoms with E-state index in [9.17, 15) is 9.90 Å². The van der Waals surface area contributed by atoms with Crippen molar-refractivity contribution < 1.29 is 9.90 Å². The number of rotatable bonds is 2. The number of benzene rings is 2. The first kappa shape index (κ1) is 14.6. The Labute approximate surface area is 136 Å². The lowest BCUT2D eigenvalue weighted by Crippen LogP contribution is -2.32. The van der Waals surface area contributed by atoms with Crippen LogP contribution in [0.1, 0.15) is 49.9 Å². The summed E-state index contributed by atoms with van der Waals surface area (Å²) in [6.07, 6.45) is 1.76. The number of aryl methyl sites for hydroxylation is 2. The minimum atomic E-state index is -1.15. The first-order valence-electron chi connectivity index (χ1n) is 8.53. The van der Waals surface area contributed by atoms with Gasteiger partial charge in [-0.25, -0.2) is 0 Å². The molecule has 2 heteroatoms. The predicted octanol–water partition coefficient (Wildman–Crippen LogP) is 4.16. The lowest BCUT2D eigenvalue weighted by molar-refractivity contribution is -0.122. The zero-order chi connectivity index (χ0) is 16.5. The molecule has 0 aromatic heterocycles. The van der Waals surface area contributed by atoms with Crippen molar-refractivity contribution in [1.29, 1.82) is 0 Å². The van der Waals surface area contributed by atoms with Gasteiger partial charge in [0.15, 0.2) is 5.78 Å². The van der Waals surface area contributed by atoms with E-state index >= 15 is 0 Å². The lowest BCUT2D eigenvalue weighted by Gasteiger charge is -2.28. The fraction of sp³-hybridized carbons (Fsp3) is 0.381. The highest BCUT2D eigenvalue weighted by Crippen LogP contribution is 2.59. The molecule has 0 heterocycles. The third-order valence-corrected chi connectivity index (χ3v) is 5.90. The summed E-state index contributed by atoms with van der Waals surface area (Å²) in [6, 6.07) is 8.55. The summed E-state index contributed by atoms with van der Waals surface area (Å²) >= 11 is 0. The van der Waals surface area contributed by atoms with Crippen molar-refractivity contribution in [2.24, 2.45) is 5.92 Å². The molecule has 1 N–H and O–H groups in total. The summed E-state index contributed by atoms with van der Waals surface area (Å²) in [6.45, 7) is 7.99. The Kier molecular flexibility index (Phi) is 2.90. The van der Waals surface area contributed by atoms with Crippen LogP contribution in [-0.4, -0.2) is 10.9 Å². The van der Waals surface area contributed by atoms with Gasteiger partial charge < -0.3 is 5.11 Å². The van der Waals surface area contributed by atoms with Crippen LogP contribution in [0.2, 0.25) is 0 Å². The average Bonchev–Trinajstić information content (AvgIpc) is 2.94. The number of fused-ring (bicyclic) bond motifs is 3. The zero-order valence-corrected chi connectivity index (χ0v) is 14.2. The number of Topliss-reactive ketones (excluding diaryl/α,β-unsaturated/α-hetero) is 1. The van der Waals surface area contributed by atoms with Gasteiger partial charge in [-0.05, 0) is 52.8 Å². The monoisotopic (exact) mass is 306 g/mol. The normalized spacial score (nSPS) is 25.6. The van der Waals surface area contributed by atoms with Crippen LogP contribution in [0.25, 0.3) is 16.3 Å². The third-order valence-electron chi connectivity index (χ3n) is 5.90. The Morgan fingerprint density at radius 3 is 2.30 bits per heavy atom. The van der Waals surface area contributed by atoms with Crippen molar-refractivity contribution in [3.05, 3.63) is 52.1 Å². The Morgan fingerprint density at radius 2 is 1.70 bits per heavy atom. The second-order valence-electron chi connectivity index (χ2n) is 6.86. The molecule has 0 saturated carbocycles. The van der Waals surface area contributed by atoms with Crippen LogP contribution in [0.5, 0.6) is 0 Å². The van der Waals surface area contributed by atoms with Crippen LogP contribution in [0, 0.1) is 5.92 Å². The summed E-state index contributed by atoms with van der Waals surface area (Å²) in [5.74, 6) is -0.330. The van der Waals surface area contributed by atoms with Gasteiger partial charge in [0, 0.05) is 11.1 Å². The molecule has 0 amide bonds. The highest BCUT2D eigenvalue weighted by molar-refractivity contribution is 6.19. The van der Waals surface area contributed by atoms with Crippen LogP contribution >= 0.6 is 0 Å². The maximum absolute atomic E-state index is 12.6. The van der Waals surface area contributed by atoms with Crippen molar-refractivity contribution in [2.75, 3.05) is 0 Å². The molecule has 23 heavy (non-hydrogen) atoms. The van der Waals surface area contributed by atoms with Crippen molar-refractivity contribution in [2.45, 2.75) is 46.1 Å². The van der Waals surface area contributed by atoms with E-state index in [1.165, 1.54) is 10.9 Å². The van der Waals surface area contributed by atoms with Gasteiger partial charge >= 0.3 is 0 Å². The maximum atomic E-state index is 12.6. The van der Waals surface area contributed by atoms with Gasteiger partial charge in [-0.15, -0.1) is 0 Å². The molecule has 2 unspecified atom stereocenters. The van der Waals surface area contributed by atoms with Crippen LogP contribution in [-0.2, 0) is 23.2 Å². The molecule has 2 aromatic carbocycles. The highest BCUT2D eigenvalue weighted by Gasteiger charge is 2.56. The second kappa shape index (κ2) is 4.55. The molecule has 0 aliphatic heterocycles. The third kappa shape index (κ3) is 1.50. The first-order chi connectivity index (χ1) is 11.0. The summed E-state index contributed by atoms with van der Waals surface area (Å²) in [7, 11) is 0. The first-order valence-corrected chi connectivity index (χ1v) is 8.53. The van der Waals surface area contributed by atoms with E-state index in [2.05, 4.69) is 38.1 Å². The smallest absolute Gasteiger partial charge is 0.165 e. The lowest BCUT2D eigenvalue weighted by atomic mass is 9.81. The standard InChI is InChI=1S/C21H22O2/c1-5-13-7-9-15-10-8-14(6-2)19-17(15)16(13)18-11(3)20(22)12(4)21(18,19)23/h7-10,12,23H,5-6H2,1-4H3. The molecular formula is C21H22O2. The molecule has 0 saturated heterocycles. The molecule has 0 bridgehead atoms. The molecule has 0 fully saturated rings. The van der Waals surface area contributed by atoms with Crippen LogP contribution in [0.4, 0.5) is 0 Å². The average molecular weight is 306 g/mol. The molecular weight excluding hydrogens is 284 g/mol. The zero-order valence-electron chi connectivity index (χ0n) is 14.2. The number of allylic oxidation sites excluding steroid dienone is 1. The van der Waals surface area contributed by atoms with E-state index in [1.54, 1.807) is 0 Å². The Hall–Kier alpha value is -1.93. The van der Waals surface area contributed by atoms with Crippen molar-refractivity contribution in [1.82, 2.24) is 0 Å². The molecule has 2 atom stereocenters. The molecule has 2 aromatic rings. The fourth-order valence-electron chi connectivity index (χ4n) is 4.67. The second-order valence-corrected chi connectivity index (χ2v) is 6.86. The van der Waals surface area contributed by atoms with E-state index in [-0.39, 0.29) is 5.78 Å². The van der Waals surface area contributed by atoms with Gasteiger partial charge in [-0.2, -0.15) is 0 Å². The topological polar surface area (TPSA) is 37.3 Å². The van der Waals surface area contributed by atoms with Gasteiger partial charge in [0.2, 0.25) is 0 Å².